The Morgan fingerprint density at radius 3 is 2.55 bits per heavy atom. The highest BCUT2D eigenvalue weighted by Crippen LogP contribution is 2.30. The minimum atomic E-state index is -3.77. The van der Waals surface area contributed by atoms with Gasteiger partial charge in [0, 0.05) is 39.4 Å². The second-order valence-electron chi connectivity index (χ2n) is 7.32. The van der Waals surface area contributed by atoms with Crippen molar-refractivity contribution in [3.05, 3.63) is 71.4 Å². The summed E-state index contributed by atoms with van der Waals surface area (Å²) in [6.07, 6.45) is 2.91. The van der Waals surface area contributed by atoms with E-state index in [1.54, 1.807) is 36.4 Å². The molecule has 3 aromatic carbocycles. The minimum Gasteiger partial charge on any atom is -0.361 e. The lowest BCUT2D eigenvalue weighted by Gasteiger charge is -2.12. The number of H-pyrrole nitrogens is 1. The molecule has 0 spiro atoms. The van der Waals surface area contributed by atoms with Crippen molar-refractivity contribution in [3.63, 3.8) is 0 Å². The van der Waals surface area contributed by atoms with Gasteiger partial charge in [-0.15, -0.1) is 0 Å². The van der Waals surface area contributed by atoms with E-state index in [2.05, 4.69) is 14.6 Å². The molecule has 0 saturated heterocycles. The zero-order chi connectivity index (χ0) is 20.6. The molecule has 5 nitrogen and oxygen atoms in total. The van der Waals surface area contributed by atoms with Gasteiger partial charge in [-0.3, -0.25) is 4.72 Å². The molecule has 0 unspecified atom stereocenters. The summed E-state index contributed by atoms with van der Waals surface area (Å²) in [5, 5.41) is 2.94. The van der Waals surface area contributed by atoms with Gasteiger partial charge in [-0.1, -0.05) is 41.9 Å². The van der Waals surface area contributed by atoms with Crippen LogP contribution in [0.4, 0.5) is 5.69 Å². The van der Waals surface area contributed by atoms with Crippen LogP contribution in [-0.2, 0) is 16.4 Å². The van der Waals surface area contributed by atoms with E-state index in [9.17, 15) is 8.42 Å². The van der Waals surface area contributed by atoms with Gasteiger partial charge >= 0.3 is 0 Å². The Hall–Kier alpha value is -2.54. The third-order valence-electron chi connectivity index (χ3n) is 4.97. The maximum atomic E-state index is 13.1. The van der Waals surface area contributed by atoms with Crippen molar-refractivity contribution >= 4 is 49.0 Å². The number of fused-ring (bicyclic) bond motifs is 2. The third-order valence-corrected chi connectivity index (χ3v) is 6.74. The lowest BCUT2D eigenvalue weighted by molar-refractivity contribution is 0.414. The van der Waals surface area contributed by atoms with Crippen molar-refractivity contribution in [2.45, 2.75) is 11.3 Å². The van der Waals surface area contributed by atoms with Crippen LogP contribution in [0.15, 0.2) is 65.7 Å². The highest BCUT2D eigenvalue weighted by molar-refractivity contribution is 7.93. The summed E-state index contributed by atoms with van der Waals surface area (Å²) in [6, 6.07) is 16.0. The van der Waals surface area contributed by atoms with Gasteiger partial charge in [-0.25, -0.2) is 8.42 Å². The molecule has 0 aliphatic heterocycles. The molecule has 0 bridgehead atoms. The van der Waals surface area contributed by atoms with E-state index in [1.165, 1.54) is 5.56 Å². The number of aromatic amines is 1. The normalized spacial score (nSPS) is 12.1. The van der Waals surface area contributed by atoms with Gasteiger partial charge in [0.15, 0.2) is 0 Å². The number of nitrogens with zero attached hydrogens (tertiary/aromatic N) is 1. The molecule has 29 heavy (non-hydrogen) atoms. The number of anilines is 1. The number of hydrogen-bond acceptors (Lipinski definition) is 3. The first-order valence-corrected chi connectivity index (χ1v) is 11.2. The summed E-state index contributed by atoms with van der Waals surface area (Å²) >= 11 is 6.23. The van der Waals surface area contributed by atoms with E-state index < -0.39 is 10.0 Å². The molecule has 1 aromatic heterocycles. The zero-order valence-electron chi connectivity index (χ0n) is 16.2. The second kappa shape index (κ2) is 7.71. The number of rotatable bonds is 6. The largest absolute Gasteiger partial charge is 0.361 e. The van der Waals surface area contributed by atoms with E-state index in [0.717, 1.165) is 23.9 Å². The second-order valence-corrected chi connectivity index (χ2v) is 9.38. The SMILES string of the molecule is CN(C)CCc1c[nH]c2cc(NS(=O)(=O)c3cccc4c(Cl)cccc34)ccc12. The Kier molecular flexibility index (Phi) is 5.25. The fourth-order valence-corrected chi connectivity index (χ4v) is 5.00. The topological polar surface area (TPSA) is 65.2 Å². The van der Waals surface area contributed by atoms with Crippen molar-refractivity contribution in [2.24, 2.45) is 0 Å². The lowest BCUT2D eigenvalue weighted by Crippen LogP contribution is -2.14. The van der Waals surface area contributed by atoms with Crippen LogP contribution in [0.25, 0.3) is 21.7 Å². The van der Waals surface area contributed by atoms with E-state index in [0.29, 0.717) is 21.5 Å². The maximum absolute atomic E-state index is 13.1. The maximum Gasteiger partial charge on any atom is 0.262 e. The molecule has 4 rings (SSSR count). The molecule has 2 N–H and O–H groups in total. The average Bonchev–Trinajstić information content (AvgIpc) is 3.08. The molecule has 7 heteroatoms. The molecule has 0 radical (unpaired) electrons. The van der Waals surface area contributed by atoms with Gasteiger partial charge in [-0.05, 0) is 50.3 Å². The van der Waals surface area contributed by atoms with Crippen LogP contribution in [0, 0.1) is 0 Å². The van der Waals surface area contributed by atoms with Gasteiger partial charge in [0.2, 0.25) is 0 Å². The molecule has 0 atom stereocenters. The number of aromatic nitrogens is 1. The number of halogens is 1. The smallest absolute Gasteiger partial charge is 0.262 e. The van der Waals surface area contributed by atoms with Crippen LogP contribution in [-0.4, -0.2) is 38.9 Å². The predicted octanol–water partition coefficient (Wildman–Crippen LogP) is 4.88. The molecular weight excluding hydrogens is 406 g/mol. The zero-order valence-corrected chi connectivity index (χ0v) is 17.8. The predicted molar refractivity (Wildman–Crippen MR) is 120 cm³/mol. The molecule has 150 valence electrons. The van der Waals surface area contributed by atoms with Gasteiger partial charge in [-0.2, -0.15) is 0 Å². The first kappa shape index (κ1) is 19.8. The number of benzene rings is 3. The van der Waals surface area contributed by atoms with E-state index in [1.807, 2.05) is 38.5 Å². The van der Waals surface area contributed by atoms with Crippen molar-refractivity contribution in [2.75, 3.05) is 25.4 Å². The van der Waals surface area contributed by atoms with Gasteiger partial charge < -0.3 is 9.88 Å². The van der Waals surface area contributed by atoms with Crippen LogP contribution < -0.4 is 4.72 Å². The molecule has 0 amide bonds. The number of likely N-dealkylation sites (N-methyl/N-ethyl adjacent to an activating group) is 1. The first-order valence-electron chi connectivity index (χ1n) is 9.30. The molecule has 1 heterocycles. The summed E-state index contributed by atoms with van der Waals surface area (Å²) in [5.41, 5.74) is 2.63. The van der Waals surface area contributed by atoms with Crippen molar-refractivity contribution in [1.29, 1.82) is 0 Å². The highest BCUT2D eigenvalue weighted by Gasteiger charge is 2.18. The van der Waals surface area contributed by atoms with E-state index in [4.69, 9.17) is 11.6 Å². The highest BCUT2D eigenvalue weighted by atomic mass is 35.5. The quantitative estimate of drug-likeness (QED) is 0.461. The molecule has 0 saturated carbocycles. The van der Waals surface area contributed by atoms with E-state index in [-0.39, 0.29) is 4.90 Å². The summed E-state index contributed by atoms with van der Waals surface area (Å²) in [6.45, 7) is 0.949. The van der Waals surface area contributed by atoms with Crippen LogP contribution >= 0.6 is 11.6 Å². The number of nitrogens with one attached hydrogen (secondary N) is 2. The summed E-state index contributed by atoms with van der Waals surface area (Å²) in [4.78, 5) is 5.59. The molecule has 0 aliphatic rings. The number of sulfonamides is 1. The van der Waals surface area contributed by atoms with Crippen LogP contribution in [0.3, 0.4) is 0 Å². The lowest BCUT2D eigenvalue weighted by atomic mass is 10.1. The summed E-state index contributed by atoms with van der Waals surface area (Å²) in [7, 11) is 0.318. The van der Waals surface area contributed by atoms with Crippen LogP contribution in [0.5, 0.6) is 0 Å². The molecule has 4 aromatic rings. The van der Waals surface area contributed by atoms with Gasteiger partial charge in [0.1, 0.15) is 0 Å². The molecular formula is C22H22ClN3O2S. The molecule has 0 aliphatic carbocycles. The first-order chi connectivity index (χ1) is 13.8. The Morgan fingerprint density at radius 1 is 1.00 bits per heavy atom. The Balaban J connectivity index is 1.67. The molecule has 0 fully saturated rings. The Morgan fingerprint density at radius 2 is 1.76 bits per heavy atom. The minimum absolute atomic E-state index is 0.204. The monoisotopic (exact) mass is 427 g/mol. The fourth-order valence-electron chi connectivity index (χ4n) is 3.49. The van der Waals surface area contributed by atoms with Crippen LogP contribution in [0.1, 0.15) is 5.56 Å². The third kappa shape index (κ3) is 3.96. The Bertz CT molecular complexity index is 1300. The van der Waals surface area contributed by atoms with Crippen molar-refractivity contribution < 1.29 is 8.42 Å². The van der Waals surface area contributed by atoms with Gasteiger partial charge in [0.25, 0.3) is 10.0 Å². The van der Waals surface area contributed by atoms with Crippen LogP contribution in [0.2, 0.25) is 5.02 Å². The van der Waals surface area contributed by atoms with Crippen molar-refractivity contribution in [1.82, 2.24) is 9.88 Å². The summed E-state index contributed by atoms with van der Waals surface area (Å²) < 4.78 is 28.9. The Labute approximate surface area is 175 Å². The van der Waals surface area contributed by atoms with Crippen molar-refractivity contribution in [3.8, 4) is 0 Å². The van der Waals surface area contributed by atoms with E-state index >= 15 is 0 Å². The summed E-state index contributed by atoms with van der Waals surface area (Å²) in [5.74, 6) is 0. The fraction of sp³-hybridized carbons (Fsp3) is 0.182. The number of hydrogen-bond donors (Lipinski definition) is 2. The van der Waals surface area contributed by atoms with Gasteiger partial charge in [0.05, 0.1) is 10.6 Å². The average molecular weight is 428 g/mol. The standard InChI is InChI=1S/C22H22ClN3O2S/c1-26(2)12-11-15-14-24-21-13-16(9-10-17(15)21)25-29(27,28)22-8-4-5-18-19(22)6-3-7-20(18)23/h3-10,13-14,24-25H,11-12H2,1-2H3.